The first kappa shape index (κ1) is 35.8. The molecule has 2 aliphatic rings. The van der Waals surface area contributed by atoms with E-state index >= 15 is 0 Å². The van der Waals surface area contributed by atoms with E-state index in [1.54, 1.807) is 6.08 Å². The van der Waals surface area contributed by atoms with Crippen molar-refractivity contribution in [3.63, 3.8) is 0 Å². The molecule has 292 valence electrons. The topological polar surface area (TPSA) is 42.2 Å². The maximum Gasteiger partial charge on any atom is 0.160 e. The number of benzene rings is 8. The lowest BCUT2D eigenvalue weighted by Crippen LogP contribution is -2.26. The van der Waals surface area contributed by atoms with Crippen LogP contribution in [-0.2, 0) is 5.41 Å². The number of allylic oxidation sites excluding steroid dienone is 1. The lowest BCUT2D eigenvalue weighted by atomic mass is 9.70. The van der Waals surface area contributed by atoms with Crippen molar-refractivity contribution in [2.75, 3.05) is 4.90 Å². The van der Waals surface area contributed by atoms with Gasteiger partial charge in [0.1, 0.15) is 11.3 Å². The van der Waals surface area contributed by atoms with Gasteiger partial charge in [-0.2, -0.15) is 0 Å². The van der Waals surface area contributed by atoms with Crippen LogP contribution in [0.1, 0.15) is 40.5 Å². The quantitative estimate of drug-likeness (QED) is 0.161. The van der Waals surface area contributed by atoms with Gasteiger partial charge in [-0.05, 0) is 94.4 Å². The summed E-state index contributed by atoms with van der Waals surface area (Å²) in [6.07, 6.45) is 5.95. The van der Waals surface area contributed by atoms with Crippen LogP contribution in [0.5, 0.6) is 0 Å². The van der Waals surface area contributed by atoms with E-state index in [0.29, 0.717) is 5.82 Å². The Balaban J connectivity index is 1.16. The molecule has 4 nitrogen and oxygen atoms in total. The van der Waals surface area contributed by atoms with Crippen molar-refractivity contribution < 1.29 is 4.42 Å². The molecule has 0 N–H and O–H groups in total. The van der Waals surface area contributed by atoms with Crippen molar-refractivity contribution >= 4 is 51.1 Å². The second-order valence-electron chi connectivity index (χ2n) is 16.0. The highest BCUT2D eigenvalue weighted by atomic mass is 16.3. The lowest BCUT2D eigenvalue weighted by molar-refractivity contribution is 0.603. The summed E-state index contributed by atoms with van der Waals surface area (Å²) in [6.45, 7) is 6.12. The first-order valence-electron chi connectivity index (χ1n) is 21.1. The van der Waals surface area contributed by atoms with Gasteiger partial charge in [-0.1, -0.05) is 164 Å². The van der Waals surface area contributed by atoms with E-state index in [9.17, 15) is 0 Å². The number of fused-ring (bicyclic) bond motifs is 12. The van der Waals surface area contributed by atoms with Gasteiger partial charge in [-0.15, -0.1) is 0 Å². The largest absolute Gasteiger partial charge is 0.456 e. The summed E-state index contributed by atoms with van der Waals surface area (Å²) in [7, 11) is 0. The monoisotopic (exact) mass is 793 g/mol. The SMILES string of the molecule is C=Cc1oc2ccc(N(c3ccc4nc(-c5ccccc5)nc(-c5ccccc5)c4c3)c3cccc4c3-c3ccccc3C43c4ccccc4-c4ccccc43)cc2c1/C=C\C. The summed E-state index contributed by atoms with van der Waals surface area (Å²) in [4.78, 5) is 12.9. The molecule has 4 heteroatoms. The van der Waals surface area contributed by atoms with Crippen LogP contribution in [0.25, 0.3) is 78.9 Å². The van der Waals surface area contributed by atoms with Crippen LogP contribution >= 0.6 is 0 Å². The Hall–Kier alpha value is -8.08. The summed E-state index contributed by atoms with van der Waals surface area (Å²) < 4.78 is 6.36. The predicted octanol–water partition coefficient (Wildman–Crippen LogP) is 15.2. The molecular weight excluding hydrogens is 755 g/mol. The minimum Gasteiger partial charge on any atom is -0.456 e. The molecule has 0 aliphatic heterocycles. The third-order valence-electron chi connectivity index (χ3n) is 12.8. The van der Waals surface area contributed by atoms with E-state index in [-0.39, 0.29) is 0 Å². The average Bonchev–Trinajstić information content (AvgIpc) is 3.96. The summed E-state index contributed by atoms with van der Waals surface area (Å²) in [5.74, 6) is 1.45. The molecule has 2 aliphatic carbocycles. The third kappa shape index (κ3) is 5.13. The predicted molar refractivity (Wildman–Crippen MR) is 256 cm³/mol. The fraction of sp³-hybridized carbons (Fsp3) is 0.0345. The highest BCUT2D eigenvalue weighted by Crippen LogP contribution is 2.64. The van der Waals surface area contributed by atoms with Gasteiger partial charge in [0.25, 0.3) is 0 Å². The first-order chi connectivity index (χ1) is 30.7. The Morgan fingerprint density at radius 2 is 1.13 bits per heavy atom. The number of hydrogen-bond acceptors (Lipinski definition) is 4. The number of hydrogen-bond donors (Lipinski definition) is 0. The smallest absolute Gasteiger partial charge is 0.160 e. The molecule has 10 aromatic rings. The molecule has 2 aromatic heterocycles. The molecule has 8 aromatic carbocycles. The van der Waals surface area contributed by atoms with E-state index < -0.39 is 5.41 Å². The normalized spacial score (nSPS) is 13.0. The van der Waals surface area contributed by atoms with Gasteiger partial charge < -0.3 is 9.32 Å². The summed E-state index contributed by atoms with van der Waals surface area (Å²) in [6, 6.07) is 67.6. The second-order valence-corrected chi connectivity index (χ2v) is 16.0. The van der Waals surface area contributed by atoms with Crippen molar-refractivity contribution in [3.8, 4) is 44.9 Å². The Morgan fingerprint density at radius 3 is 1.81 bits per heavy atom. The van der Waals surface area contributed by atoms with Crippen molar-refractivity contribution in [3.05, 3.63) is 234 Å². The van der Waals surface area contributed by atoms with Crippen molar-refractivity contribution in [2.45, 2.75) is 12.3 Å². The van der Waals surface area contributed by atoms with Crippen molar-refractivity contribution in [1.82, 2.24) is 9.97 Å². The van der Waals surface area contributed by atoms with E-state index in [2.05, 4.69) is 187 Å². The molecule has 0 fully saturated rings. The molecule has 62 heavy (non-hydrogen) atoms. The van der Waals surface area contributed by atoms with E-state index in [1.165, 1.54) is 44.5 Å². The van der Waals surface area contributed by atoms with E-state index in [0.717, 1.165) is 67.1 Å². The van der Waals surface area contributed by atoms with E-state index in [1.807, 2.05) is 31.2 Å². The van der Waals surface area contributed by atoms with E-state index in [4.69, 9.17) is 14.4 Å². The van der Waals surface area contributed by atoms with Crippen LogP contribution in [0.3, 0.4) is 0 Å². The molecule has 0 bridgehead atoms. The zero-order chi connectivity index (χ0) is 41.4. The lowest BCUT2D eigenvalue weighted by Gasteiger charge is -2.32. The van der Waals surface area contributed by atoms with Crippen molar-refractivity contribution in [1.29, 1.82) is 0 Å². The highest BCUT2D eigenvalue weighted by molar-refractivity contribution is 6.04. The fourth-order valence-electron chi connectivity index (χ4n) is 10.3. The molecule has 0 atom stereocenters. The summed E-state index contributed by atoms with van der Waals surface area (Å²) in [5, 5.41) is 1.99. The number of aromatic nitrogens is 2. The second kappa shape index (κ2) is 14.0. The molecule has 0 radical (unpaired) electrons. The van der Waals surface area contributed by atoms with Crippen LogP contribution in [0.15, 0.2) is 205 Å². The maximum absolute atomic E-state index is 6.36. The minimum atomic E-state index is -0.487. The van der Waals surface area contributed by atoms with Crippen LogP contribution in [0.4, 0.5) is 17.1 Å². The van der Waals surface area contributed by atoms with Crippen LogP contribution in [0, 0.1) is 0 Å². The number of furan rings is 1. The molecular formula is C58H39N3O. The minimum absolute atomic E-state index is 0.487. The van der Waals surface area contributed by atoms with Gasteiger partial charge in [-0.25, -0.2) is 9.97 Å². The standard InChI is InChI=1S/C58H39N3O/c1-3-18-43-45-35-40(32-34-54(45)62-53(43)4-2)61(39-31-33-51-46(36-39)56(37-19-7-5-8-20-37)60-57(59-51)38-21-9-6-10-22-38)52-30-17-29-50-55(52)44-25-13-16-28-49(44)58(50)47-26-14-11-23-41(47)42-24-12-15-27-48(42)58/h3-36H,2H2,1H3/b18-3-. The zero-order valence-electron chi connectivity index (χ0n) is 34.1. The Bertz CT molecular complexity index is 3410. The highest BCUT2D eigenvalue weighted by Gasteiger charge is 2.52. The van der Waals surface area contributed by atoms with Gasteiger partial charge in [0, 0.05) is 44.4 Å². The first-order valence-corrected chi connectivity index (χ1v) is 21.1. The molecule has 0 saturated carbocycles. The molecule has 0 saturated heterocycles. The summed E-state index contributed by atoms with van der Waals surface area (Å²) in [5.41, 5.74) is 18.4. The van der Waals surface area contributed by atoms with Gasteiger partial charge in [0.05, 0.1) is 22.3 Å². The number of anilines is 3. The van der Waals surface area contributed by atoms with Gasteiger partial charge >= 0.3 is 0 Å². The van der Waals surface area contributed by atoms with Gasteiger partial charge in [0.2, 0.25) is 0 Å². The van der Waals surface area contributed by atoms with Crippen molar-refractivity contribution in [2.24, 2.45) is 0 Å². The van der Waals surface area contributed by atoms with Crippen LogP contribution in [0.2, 0.25) is 0 Å². The zero-order valence-corrected chi connectivity index (χ0v) is 34.1. The molecule has 0 amide bonds. The average molecular weight is 794 g/mol. The van der Waals surface area contributed by atoms with Crippen LogP contribution < -0.4 is 4.90 Å². The Labute approximate surface area is 360 Å². The van der Waals surface area contributed by atoms with Gasteiger partial charge in [0.15, 0.2) is 5.82 Å². The summed E-state index contributed by atoms with van der Waals surface area (Å²) >= 11 is 0. The number of nitrogens with zero attached hydrogens (tertiary/aromatic N) is 3. The fourth-order valence-corrected chi connectivity index (χ4v) is 10.3. The van der Waals surface area contributed by atoms with Crippen LogP contribution in [-0.4, -0.2) is 9.97 Å². The maximum atomic E-state index is 6.36. The van der Waals surface area contributed by atoms with Gasteiger partial charge in [-0.3, -0.25) is 0 Å². The molecule has 0 unspecified atom stereocenters. The Morgan fingerprint density at radius 1 is 0.548 bits per heavy atom. The molecule has 1 spiro atoms. The molecule has 2 heterocycles. The Kier molecular flexibility index (Phi) is 8.09. The molecule has 12 rings (SSSR count). The number of rotatable bonds is 7. The third-order valence-corrected chi connectivity index (χ3v) is 12.8.